The molecule has 22 heavy (non-hydrogen) atoms. The Bertz CT molecular complexity index is 700. The summed E-state index contributed by atoms with van der Waals surface area (Å²) in [5, 5.41) is 2.09. The molecule has 0 heterocycles. The van der Waals surface area contributed by atoms with Gasteiger partial charge in [0.25, 0.3) is 8.24 Å². The summed E-state index contributed by atoms with van der Waals surface area (Å²) in [7, 11) is 0.700. The first-order chi connectivity index (χ1) is 10.2. The van der Waals surface area contributed by atoms with Gasteiger partial charge in [0.2, 0.25) is 0 Å². The van der Waals surface area contributed by atoms with Crippen LogP contribution in [0.3, 0.4) is 0 Å². The van der Waals surface area contributed by atoms with Crippen molar-refractivity contribution in [3.63, 3.8) is 0 Å². The number of rotatable bonds is 3. The summed E-state index contributed by atoms with van der Waals surface area (Å²) in [5.74, 6) is 0. The van der Waals surface area contributed by atoms with Crippen LogP contribution >= 0.6 is 10.7 Å². The zero-order valence-corrected chi connectivity index (χ0v) is 16.0. The quantitative estimate of drug-likeness (QED) is 0.611. The van der Waals surface area contributed by atoms with Gasteiger partial charge in [-0.25, -0.2) is 4.21 Å². The highest BCUT2D eigenvalue weighted by atomic mass is 35.7. The summed E-state index contributed by atoms with van der Waals surface area (Å²) < 4.78 is 17.2. The second-order valence-electron chi connectivity index (χ2n) is 6.49. The fourth-order valence-electron chi connectivity index (χ4n) is 2.88. The van der Waals surface area contributed by atoms with Gasteiger partial charge in [-0.05, 0) is 26.1 Å². The highest BCUT2D eigenvalue weighted by molar-refractivity contribution is 8.15. The van der Waals surface area contributed by atoms with Crippen LogP contribution in [0.15, 0.2) is 64.7 Å². The Labute approximate surface area is 139 Å². The molecule has 0 bridgehead atoms. The first kappa shape index (κ1) is 17.3. The summed E-state index contributed by atoms with van der Waals surface area (Å²) >= 11 is 0. The molecule has 1 unspecified atom stereocenters. The molecule has 118 valence electrons. The van der Waals surface area contributed by atoms with E-state index in [2.05, 4.69) is 45.0 Å². The molecule has 2 aromatic carbocycles. The molecule has 2 aromatic rings. The molecule has 0 saturated heterocycles. The summed E-state index contributed by atoms with van der Waals surface area (Å²) in [5.41, 5.74) is 0. The zero-order valence-electron chi connectivity index (χ0n) is 13.4. The van der Waals surface area contributed by atoms with E-state index in [0.717, 1.165) is 10.4 Å². The van der Waals surface area contributed by atoms with Crippen LogP contribution < -0.4 is 10.4 Å². The molecule has 0 aromatic heterocycles. The van der Waals surface area contributed by atoms with Crippen LogP contribution in [0.25, 0.3) is 0 Å². The summed E-state index contributed by atoms with van der Waals surface area (Å²) in [6.45, 7) is 6.47. The van der Waals surface area contributed by atoms with Crippen LogP contribution in [-0.2, 0) is 8.94 Å². The van der Waals surface area contributed by atoms with E-state index in [4.69, 9.17) is 14.7 Å². The minimum absolute atomic E-state index is 0.163. The zero-order chi connectivity index (χ0) is 16.4. The lowest BCUT2D eigenvalue weighted by atomic mass is 10.2. The first-order valence-corrected chi connectivity index (χ1v) is 11.9. The van der Waals surface area contributed by atoms with Crippen molar-refractivity contribution in [2.24, 2.45) is 4.03 Å². The monoisotopic (exact) mass is 351 g/mol. The van der Waals surface area contributed by atoms with E-state index in [9.17, 15) is 4.21 Å². The largest absolute Gasteiger partial charge is 0.261 e. The van der Waals surface area contributed by atoms with E-state index >= 15 is 0 Å². The molecular formula is C17H22ClNOSSi. The summed E-state index contributed by atoms with van der Waals surface area (Å²) in [4.78, 5) is 0. The van der Waals surface area contributed by atoms with E-state index in [1.807, 2.05) is 36.4 Å². The molecule has 2 rings (SSSR count). The SMILES string of the molecule is CC(C)(C)[Si](N=S(C)(=O)Cl)(c1ccccc1)c1ccccc1. The first-order valence-electron chi connectivity index (χ1n) is 7.21. The molecule has 5 heteroatoms. The number of nitrogens with zero attached hydrogens (tertiary/aromatic N) is 1. The molecule has 0 fully saturated rings. The fraction of sp³-hybridized carbons (Fsp3) is 0.294. The Morgan fingerprint density at radius 1 is 0.909 bits per heavy atom. The predicted octanol–water partition coefficient (Wildman–Crippen LogP) is 3.80. The fourth-order valence-corrected chi connectivity index (χ4v) is 11.1. The molecule has 0 saturated carbocycles. The number of hydrogen-bond acceptors (Lipinski definition) is 2. The average molecular weight is 352 g/mol. The molecule has 0 aliphatic rings. The van der Waals surface area contributed by atoms with Crippen LogP contribution in [0, 0.1) is 0 Å². The number of halogens is 1. The Morgan fingerprint density at radius 2 is 1.27 bits per heavy atom. The molecule has 0 spiro atoms. The third kappa shape index (κ3) is 3.45. The van der Waals surface area contributed by atoms with E-state index in [-0.39, 0.29) is 5.04 Å². The van der Waals surface area contributed by atoms with Crippen molar-refractivity contribution in [3.8, 4) is 0 Å². The van der Waals surface area contributed by atoms with Crippen LogP contribution in [-0.4, -0.2) is 18.7 Å². The highest BCUT2D eigenvalue weighted by Crippen LogP contribution is 2.37. The lowest BCUT2D eigenvalue weighted by Crippen LogP contribution is -2.63. The average Bonchev–Trinajstić information content (AvgIpc) is 2.44. The highest BCUT2D eigenvalue weighted by Gasteiger charge is 2.49. The number of benzene rings is 2. The maximum absolute atomic E-state index is 12.4. The second-order valence-corrected chi connectivity index (χ2v) is 14.4. The van der Waals surface area contributed by atoms with Gasteiger partial charge < -0.3 is 0 Å². The molecule has 2 nitrogen and oxygen atoms in total. The normalized spacial score (nSPS) is 15.1. The van der Waals surface area contributed by atoms with Gasteiger partial charge in [0.1, 0.15) is 8.94 Å². The Hall–Kier alpha value is -1.10. The van der Waals surface area contributed by atoms with Gasteiger partial charge in [-0.15, -0.1) is 0 Å². The van der Waals surface area contributed by atoms with Crippen molar-refractivity contribution < 1.29 is 4.21 Å². The van der Waals surface area contributed by atoms with Crippen molar-refractivity contribution in [1.82, 2.24) is 0 Å². The second kappa shape index (κ2) is 6.18. The molecule has 0 radical (unpaired) electrons. The van der Waals surface area contributed by atoms with Crippen molar-refractivity contribution in [3.05, 3.63) is 60.7 Å². The van der Waals surface area contributed by atoms with E-state index < -0.39 is 17.2 Å². The molecule has 0 N–H and O–H groups in total. The van der Waals surface area contributed by atoms with Gasteiger partial charge in [-0.2, -0.15) is 0 Å². The number of hydrogen-bond donors (Lipinski definition) is 0. The van der Waals surface area contributed by atoms with E-state index in [0.29, 0.717) is 0 Å². The Kier molecular flexibility index (Phi) is 4.85. The van der Waals surface area contributed by atoms with Crippen LogP contribution in [0.4, 0.5) is 0 Å². The molecule has 0 amide bonds. The van der Waals surface area contributed by atoms with Crippen LogP contribution in [0.5, 0.6) is 0 Å². The van der Waals surface area contributed by atoms with Gasteiger partial charge in [-0.3, -0.25) is 4.03 Å². The molecule has 1 atom stereocenters. The minimum Gasteiger partial charge on any atom is -0.253 e. The molecular weight excluding hydrogens is 330 g/mol. The molecule has 0 aliphatic carbocycles. The van der Waals surface area contributed by atoms with Crippen molar-refractivity contribution in [1.29, 1.82) is 0 Å². The van der Waals surface area contributed by atoms with Crippen molar-refractivity contribution in [2.45, 2.75) is 25.8 Å². The minimum atomic E-state index is -2.75. The lowest BCUT2D eigenvalue weighted by molar-refractivity contribution is 0.687. The topological polar surface area (TPSA) is 29.4 Å². The third-order valence-corrected chi connectivity index (χ3v) is 11.3. The summed E-state index contributed by atoms with van der Waals surface area (Å²) in [6, 6.07) is 20.3. The van der Waals surface area contributed by atoms with Crippen molar-refractivity contribution in [2.75, 3.05) is 6.26 Å². The Balaban J connectivity index is 2.92. The van der Waals surface area contributed by atoms with Gasteiger partial charge in [0.15, 0.2) is 0 Å². The predicted molar refractivity (Wildman–Crippen MR) is 100.0 cm³/mol. The van der Waals surface area contributed by atoms with Gasteiger partial charge >= 0.3 is 0 Å². The van der Waals surface area contributed by atoms with E-state index in [1.54, 1.807) is 0 Å². The van der Waals surface area contributed by atoms with Crippen LogP contribution in [0.2, 0.25) is 5.04 Å². The van der Waals surface area contributed by atoms with Crippen molar-refractivity contribution >= 4 is 38.2 Å². The Morgan fingerprint density at radius 3 is 1.55 bits per heavy atom. The van der Waals surface area contributed by atoms with E-state index in [1.165, 1.54) is 6.26 Å². The van der Waals surface area contributed by atoms with Gasteiger partial charge in [0, 0.05) is 6.26 Å². The maximum Gasteiger partial charge on any atom is 0.261 e. The molecule has 0 aliphatic heterocycles. The van der Waals surface area contributed by atoms with Crippen LogP contribution in [0.1, 0.15) is 20.8 Å². The third-order valence-electron chi connectivity index (χ3n) is 3.77. The maximum atomic E-state index is 12.4. The summed E-state index contributed by atoms with van der Waals surface area (Å²) in [6.07, 6.45) is 1.51. The smallest absolute Gasteiger partial charge is 0.253 e. The van der Waals surface area contributed by atoms with Gasteiger partial charge in [0.05, 0.1) is 0 Å². The standard InChI is InChI=1S/C17H22ClNOSSi/c1-17(2,3)22(19-21(4,18)20,15-11-7-5-8-12-15)16-13-9-6-10-14-16/h5-14H,1-4H3. The lowest BCUT2D eigenvalue weighted by Gasteiger charge is -2.39. The van der Waals surface area contributed by atoms with Gasteiger partial charge in [-0.1, -0.05) is 81.4 Å².